The first-order chi connectivity index (χ1) is 9.99. The van der Waals surface area contributed by atoms with Gasteiger partial charge in [0.25, 0.3) is 0 Å². The highest BCUT2D eigenvalue weighted by Gasteiger charge is 2.46. The lowest BCUT2D eigenvalue weighted by Gasteiger charge is -2.44. The predicted molar refractivity (Wildman–Crippen MR) is 72.5 cm³/mol. The van der Waals surface area contributed by atoms with E-state index in [-0.39, 0.29) is 12.5 Å². The van der Waals surface area contributed by atoms with Crippen molar-refractivity contribution in [2.75, 3.05) is 12.3 Å². The molecular weight excluding hydrogens is 323 g/mol. The number of piperidine rings is 1. The average Bonchev–Trinajstić information content (AvgIpc) is 2.35. The van der Waals surface area contributed by atoms with Crippen LogP contribution in [0.25, 0.3) is 0 Å². The van der Waals surface area contributed by atoms with E-state index in [4.69, 9.17) is 0 Å². The second-order valence-electron chi connectivity index (χ2n) is 6.09. The first-order valence-corrected chi connectivity index (χ1v) is 8.58. The van der Waals surface area contributed by atoms with Gasteiger partial charge in [0.05, 0.1) is 17.7 Å². The Balaban J connectivity index is 2.13. The minimum Gasteiger partial charge on any atom is -0.481 e. The van der Waals surface area contributed by atoms with Crippen LogP contribution in [0.15, 0.2) is 12.2 Å². The van der Waals surface area contributed by atoms with Gasteiger partial charge in [-0.1, -0.05) is 19.1 Å². The fourth-order valence-corrected chi connectivity index (χ4v) is 5.22. The number of nitrogens with zero attached hydrogens (tertiary/aromatic N) is 1. The largest absolute Gasteiger partial charge is 0.481 e. The number of halogens is 3. The van der Waals surface area contributed by atoms with E-state index in [1.807, 2.05) is 0 Å². The van der Waals surface area contributed by atoms with E-state index in [1.54, 1.807) is 12.2 Å². The Kier molecular flexibility index (Phi) is 4.59. The lowest BCUT2D eigenvalue weighted by Crippen LogP contribution is -2.55. The molecule has 9 heteroatoms. The summed E-state index contributed by atoms with van der Waals surface area (Å²) in [6.07, 6.45) is -1.90. The summed E-state index contributed by atoms with van der Waals surface area (Å²) in [6.45, 7) is 1.38. The molecule has 1 N–H and O–H groups in total. The molecule has 126 valence electrons. The molecule has 1 saturated heterocycles. The lowest BCUT2D eigenvalue weighted by molar-refractivity contribution is -0.145. The van der Waals surface area contributed by atoms with Crippen molar-refractivity contribution in [3.05, 3.63) is 12.2 Å². The molecule has 5 nitrogen and oxygen atoms in total. The highest BCUT2D eigenvalue weighted by Crippen LogP contribution is 2.37. The Labute approximate surface area is 126 Å². The smallest absolute Gasteiger partial charge is 0.389 e. The van der Waals surface area contributed by atoms with Crippen LogP contribution in [0.5, 0.6) is 0 Å². The molecule has 3 rings (SSSR count). The summed E-state index contributed by atoms with van der Waals surface area (Å²) in [5.74, 6) is -3.81. The number of carbonyl (C=O) groups is 1. The summed E-state index contributed by atoms with van der Waals surface area (Å²) in [6, 6.07) is -0.800. The van der Waals surface area contributed by atoms with E-state index < -0.39 is 52.2 Å². The minimum atomic E-state index is -4.42. The Bertz CT molecular complexity index is 572. The molecule has 4 atom stereocenters. The fraction of sp³-hybridized carbons (Fsp3) is 0.769. The molecule has 0 amide bonds. The van der Waals surface area contributed by atoms with Crippen LogP contribution in [0.1, 0.15) is 19.8 Å². The summed E-state index contributed by atoms with van der Waals surface area (Å²) in [4.78, 5) is 11.2. The van der Waals surface area contributed by atoms with Crippen LogP contribution < -0.4 is 0 Å². The van der Waals surface area contributed by atoms with E-state index in [0.717, 1.165) is 4.31 Å². The third kappa shape index (κ3) is 3.81. The second kappa shape index (κ2) is 5.84. The van der Waals surface area contributed by atoms with Crippen LogP contribution in [0, 0.1) is 17.8 Å². The van der Waals surface area contributed by atoms with Crippen molar-refractivity contribution in [3.63, 3.8) is 0 Å². The molecule has 2 bridgehead atoms. The molecule has 0 saturated carbocycles. The molecule has 2 aliphatic heterocycles. The normalized spacial score (nSPS) is 30.5. The number of sulfonamides is 1. The number of hydrogen-bond acceptors (Lipinski definition) is 3. The zero-order valence-electron chi connectivity index (χ0n) is 12.0. The zero-order chi connectivity index (χ0) is 16.7. The number of aliphatic carboxylic acids is 1. The molecule has 22 heavy (non-hydrogen) atoms. The van der Waals surface area contributed by atoms with Gasteiger partial charge in [-0.3, -0.25) is 4.79 Å². The van der Waals surface area contributed by atoms with E-state index in [0.29, 0.717) is 6.42 Å². The van der Waals surface area contributed by atoms with Crippen LogP contribution in [-0.2, 0) is 14.8 Å². The number of carboxylic acids is 1. The Morgan fingerprint density at radius 2 is 2.05 bits per heavy atom. The Hall–Kier alpha value is -1.09. The summed E-state index contributed by atoms with van der Waals surface area (Å²) >= 11 is 0. The molecular formula is C13H18F3NO4S. The number of alkyl halides is 3. The van der Waals surface area contributed by atoms with Gasteiger partial charge in [-0.15, -0.1) is 0 Å². The van der Waals surface area contributed by atoms with Gasteiger partial charge in [-0.25, -0.2) is 8.42 Å². The van der Waals surface area contributed by atoms with Gasteiger partial charge in [-0.05, 0) is 18.3 Å². The second-order valence-corrected chi connectivity index (χ2v) is 8.05. The highest BCUT2D eigenvalue weighted by atomic mass is 32.2. The predicted octanol–water partition coefficient (Wildman–Crippen LogP) is 1.87. The van der Waals surface area contributed by atoms with Crippen LogP contribution >= 0.6 is 0 Å². The van der Waals surface area contributed by atoms with Crippen molar-refractivity contribution >= 4 is 16.0 Å². The highest BCUT2D eigenvalue weighted by molar-refractivity contribution is 7.89. The molecule has 0 aromatic carbocycles. The standard InChI is InChI=1S/C13H18F3NO4S/c1-8(5-13(14,15)16)7-22(20,21)17-6-9-2-3-11(17)10(4-9)12(18)19/h2-3,8-11H,4-7H2,1H3,(H,18,19). The molecule has 3 aliphatic rings. The van der Waals surface area contributed by atoms with E-state index >= 15 is 0 Å². The molecule has 4 unspecified atom stereocenters. The summed E-state index contributed by atoms with van der Waals surface area (Å²) < 4.78 is 62.8. The summed E-state index contributed by atoms with van der Waals surface area (Å²) in [7, 11) is -3.93. The topological polar surface area (TPSA) is 74.7 Å². The van der Waals surface area contributed by atoms with E-state index in [2.05, 4.69) is 0 Å². The van der Waals surface area contributed by atoms with Gasteiger partial charge in [0.15, 0.2) is 0 Å². The summed E-state index contributed by atoms with van der Waals surface area (Å²) in [5, 5.41) is 9.17. The van der Waals surface area contributed by atoms with Crippen molar-refractivity contribution in [2.24, 2.45) is 17.8 Å². The molecule has 1 fully saturated rings. The van der Waals surface area contributed by atoms with Crippen LogP contribution in [0.4, 0.5) is 13.2 Å². The molecule has 0 spiro atoms. The summed E-state index contributed by atoms with van der Waals surface area (Å²) in [5.41, 5.74) is 0. The van der Waals surface area contributed by atoms with Crippen molar-refractivity contribution in [1.82, 2.24) is 4.31 Å². The third-order valence-corrected chi connectivity index (χ3v) is 6.14. The minimum absolute atomic E-state index is 0.145. The fourth-order valence-electron chi connectivity index (χ4n) is 3.19. The Morgan fingerprint density at radius 3 is 2.55 bits per heavy atom. The lowest BCUT2D eigenvalue weighted by atomic mass is 9.79. The monoisotopic (exact) mass is 341 g/mol. The first kappa shape index (κ1) is 17.3. The molecule has 0 radical (unpaired) electrons. The molecule has 1 aliphatic carbocycles. The first-order valence-electron chi connectivity index (χ1n) is 6.97. The van der Waals surface area contributed by atoms with Crippen LogP contribution in [-0.4, -0.2) is 48.3 Å². The van der Waals surface area contributed by atoms with Gasteiger partial charge in [0.1, 0.15) is 0 Å². The quantitative estimate of drug-likeness (QED) is 0.775. The zero-order valence-corrected chi connectivity index (χ0v) is 12.8. The van der Waals surface area contributed by atoms with Crippen molar-refractivity contribution in [1.29, 1.82) is 0 Å². The maximum atomic E-state index is 12.4. The van der Waals surface area contributed by atoms with E-state index in [1.165, 1.54) is 6.92 Å². The number of rotatable bonds is 5. The van der Waals surface area contributed by atoms with Crippen molar-refractivity contribution in [3.8, 4) is 0 Å². The number of hydrogen-bond donors (Lipinski definition) is 1. The number of carboxylic acid groups (broad SMARTS) is 1. The van der Waals surface area contributed by atoms with Crippen LogP contribution in [0.2, 0.25) is 0 Å². The van der Waals surface area contributed by atoms with Gasteiger partial charge in [-0.2, -0.15) is 17.5 Å². The molecule has 2 heterocycles. The maximum absolute atomic E-state index is 12.4. The Morgan fingerprint density at radius 1 is 1.41 bits per heavy atom. The van der Waals surface area contributed by atoms with E-state index in [9.17, 15) is 31.5 Å². The SMILES string of the molecule is CC(CC(F)(F)F)CS(=O)(=O)N1CC2C=CC1C(C(=O)O)C2. The number of fused-ring (bicyclic) bond motifs is 2. The van der Waals surface area contributed by atoms with Gasteiger partial charge < -0.3 is 5.11 Å². The van der Waals surface area contributed by atoms with Gasteiger partial charge >= 0.3 is 12.1 Å². The van der Waals surface area contributed by atoms with Gasteiger partial charge in [0, 0.05) is 13.0 Å². The average molecular weight is 341 g/mol. The third-order valence-electron chi connectivity index (χ3n) is 4.05. The van der Waals surface area contributed by atoms with Crippen LogP contribution in [0.3, 0.4) is 0 Å². The molecule has 0 aromatic heterocycles. The van der Waals surface area contributed by atoms with Crippen molar-refractivity contribution in [2.45, 2.75) is 32.0 Å². The van der Waals surface area contributed by atoms with Crippen molar-refractivity contribution < 1.29 is 31.5 Å². The maximum Gasteiger partial charge on any atom is 0.389 e. The van der Waals surface area contributed by atoms with Gasteiger partial charge in [0.2, 0.25) is 10.0 Å². The molecule has 0 aromatic rings.